The maximum absolute atomic E-state index is 12.9. The molecule has 29 heavy (non-hydrogen) atoms. The van der Waals surface area contributed by atoms with Crippen molar-refractivity contribution in [1.29, 1.82) is 0 Å². The largest absolute Gasteiger partial charge is 0.380 e. The van der Waals surface area contributed by atoms with Gasteiger partial charge in [0, 0.05) is 17.6 Å². The van der Waals surface area contributed by atoms with Crippen LogP contribution in [0.4, 0.5) is 0 Å². The summed E-state index contributed by atoms with van der Waals surface area (Å²) < 4.78 is 34.1. The van der Waals surface area contributed by atoms with Gasteiger partial charge in [-0.25, -0.2) is 8.42 Å². The second-order valence-electron chi connectivity index (χ2n) is 6.16. The van der Waals surface area contributed by atoms with Gasteiger partial charge in [0.2, 0.25) is 0 Å². The Bertz CT molecular complexity index is 1210. The number of rotatable bonds is 7. The van der Waals surface area contributed by atoms with Crippen molar-refractivity contribution in [3.05, 3.63) is 57.3 Å². The molecule has 6 nitrogen and oxygen atoms in total. The van der Waals surface area contributed by atoms with Crippen molar-refractivity contribution < 1.29 is 17.9 Å². The molecule has 0 fully saturated rings. The third kappa shape index (κ3) is 4.85. The maximum atomic E-state index is 12.9. The van der Waals surface area contributed by atoms with E-state index < -0.39 is 15.7 Å². The summed E-state index contributed by atoms with van der Waals surface area (Å²) >= 11 is 4.84. The number of sulfone groups is 1. The first-order chi connectivity index (χ1) is 13.9. The molecule has 3 rings (SSSR count). The van der Waals surface area contributed by atoms with Crippen LogP contribution < -0.4 is 4.80 Å². The first-order valence-corrected chi connectivity index (χ1v) is 12.4. The number of ether oxygens (including phenoxy) is 1. The van der Waals surface area contributed by atoms with Gasteiger partial charge in [-0.1, -0.05) is 46.3 Å². The Hall–Kier alpha value is -1.81. The minimum atomic E-state index is -3.53. The van der Waals surface area contributed by atoms with Crippen LogP contribution >= 0.6 is 27.3 Å². The third-order valence-electron chi connectivity index (χ3n) is 4.34. The number of aromatic nitrogens is 1. The van der Waals surface area contributed by atoms with Gasteiger partial charge in [-0.2, -0.15) is 4.99 Å². The zero-order valence-corrected chi connectivity index (χ0v) is 19.3. The van der Waals surface area contributed by atoms with Crippen LogP contribution in [-0.2, 0) is 21.1 Å². The highest BCUT2D eigenvalue weighted by molar-refractivity contribution is 9.10. The number of halogens is 1. The van der Waals surface area contributed by atoms with Crippen molar-refractivity contribution >= 4 is 53.2 Å². The van der Waals surface area contributed by atoms with Gasteiger partial charge in [-0.15, -0.1) is 0 Å². The van der Waals surface area contributed by atoms with E-state index in [1.807, 2.05) is 29.7 Å². The fourth-order valence-corrected chi connectivity index (χ4v) is 5.56. The Morgan fingerprint density at radius 1 is 1.21 bits per heavy atom. The van der Waals surface area contributed by atoms with Crippen molar-refractivity contribution in [3.63, 3.8) is 0 Å². The monoisotopic (exact) mass is 496 g/mol. The highest BCUT2D eigenvalue weighted by atomic mass is 79.9. The van der Waals surface area contributed by atoms with Gasteiger partial charge in [-0.05, 0) is 37.3 Å². The molecule has 0 N–H and O–H groups in total. The van der Waals surface area contributed by atoms with Crippen LogP contribution in [0.2, 0.25) is 0 Å². The number of amides is 1. The van der Waals surface area contributed by atoms with Gasteiger partial charge in [0.15, 0.2) is 14.6 Å². The standard InChI is InChI=1S/C20H21BrN2O4S2/c1-3-27-12-11-23-16-10-9-14(21)13-17(16)28-20(23)22-19(24)15-7-5-6-8-18(15)29(25,26)4-2/h5-10,13H,3-4,11-12H2,1-2H3. The Morgan fingerprint density at radius 2 is 1.97 bits per heavy atom. The minimum Gasteiger partial charge on any atom is -0.380 e. The lowest BCUT2D eigenvalue weighted by Crippen LogP contribution is -2.20. The number of thiazole rings is 1. The van der Waals surface area contributed by atoms with Gasteiger partial charge in [0.1, 0.15) is 0 Å². The molecule has 0 bridgehead atoms. The van der Waals surface area contributed by atoms with Gasteiger partial charge < -0.3 is 9.30 Å². The lowest BCUT2D eigenvalue weighted by molar-refractivity contribution is 0.0993. The number of nitrogens with zero attached hydrogens (tertiary/aromatic N) is 2. The normalized spacial score (nSPS) is 12.6. The number of hydrogen-bond acceptors (Lipinski definition) is 5. The van der Waals surface area contributed by atoms with Crippen LogP contribution in [0, 0.1) is 0 Å². The number of hydrogen-bond donors (Lipinski definition) is 0. The number of carbonyl (C=O) groups is 1. The molecule has 0 unspecified atom stereocenters. The summed E-state index contributed by atoms with van der Waals surface area (Å²) in [5.74, 6) is -0.656. The van der Waals surface area contributed by atoms with E-state index >= 15 is 0 Å². The molecule has 0 aliphatic heterocycles. The van der Waals surface area contributed by atoms with Gasteiger partial charge >= 0.3 is 0 Å². The zero-order valence-electron chi connectivity index (χ0n) is 16.1. The maximum Gasteiger partial charge on any atom is 0.280 e. The number of benzene rings is 2. The van der Waals surface area contributed by atoms with Gasteiger partial charge in [0.25, 0.3) is 5.91 Å². The fraction of sp³-hybridized carbons (Fsp3) is 0.300. The predicted molar refractivity (Wildman–Crippen MR) is 118 cm³/mol. The van der Waals surface area contributed by atoms with Gasteiger partial charge in [-0.3, -0.25) is 4.79 Å². The lowest BCUT2D eigenvalue weighted by Gasteiger charge is -2.07. The van der Waals surface area contributed by atoms with E-state index in [1.165, 1.54) is 23.5 Å². The summed E-state index contributed by atoms with van der Waals surface area (Å²) in [5.41, 5.74) is 1.03. The summed E-state index contributed by atoms with van der Waals surface area (Å²) in [6.45, 7) is 5.10. The van der Waals surface area contributed by atoms with Crippen molar-refractivity contribution in [1.82, 2.24) is 4.57 Å². The minimum absolute atomic E-state index is 0.0148. The molecule has 2 aromatic carbocycles. The van der Waals surface area contributed by atoms with E-state index in [0.29, 0.717) is 24.6 Å². The summed E-state index contributed by atoms with van der Waals surface area (Å²) in [4.78, 5) is 17.8. The molecule has 0 spiro atoms. The SMILES string of the molecule is CCOCCn1c(=NC(=O)c2ccccc2S(=O)(=O)CC)sc2cc(Br)ccc21. The van der Waals surface area contributed by atoms with E-state index in [1.54, 1.807) is 19.1 Å². The smallest absolute Gasteiger partial charge is 0.280 e. The van der Waals surface area contributed by atoms with Crippen LogP contribution in [0.5, 0.6) is 0 Å². The fourth-order valence-electron chi connectivity index (χ4n) is 2.87. The second kappa shape index (κ2) is 9.34. The topological polar surface area (TPSA) is 77.7 Å². The van der Waals surface area contributed by atoms with Crippen LogP contribution in [0.15, 0.2) is 56.8 Å². The molecule has 0 saturated heterocycles. The molecule has 1 aromatic heterocycles. The average Bonchev–Trinajstić information content (AvgIpc) is 3.04. The van der Waals surface area contributed by atoms with Crippen molar-refractivity contribution in [2.24, 2.45) is 4.99 Å². The molecule has 1 heterocycles. The Morgan fingerprint density at radius 3 is 2.69 bits per heavy atom. The summed E-state index contributed by atoms with van der Waals surface area (Å²) in [5, 5.41) is 0. The predicted octanol–water partition coefficient (Wildman–Crippen LogP) is 4.04. The van der Waals surface area contributed by atoms with E-state index in [0.717, 1.165) is 14.7 Å². The van der Waals surface area contributed by atoms with Crippen molar-refractivity contribution in [3.8, 4) is 0 Å². The quantitative estimate of drug-likeness (QED) is 0.462. The molecule has 0 aliphatic carbocycles. The molecular weight excluding hydrogens is 476 g/mol. The van der Waals surface area contributed by atoms with Crippen LogP contribution in [0.3, 0.4) is 0 Å². The number of carbonyl (C=O) groups excluding carboxylic acids is 1. The number of fused-ring (bicyclic) bond motifs is 1. The van der Waals surface area contributed by atoms with E-state index in [4.69, 9.17) is 4.74 Å². The summed E-state index contributed by atoms with van der Waals surface area (Å²) in [6, 6.07) is 12.1. The van der Waals surface area contributed by atoms with Crippen LogP contribution in [0.25, 0.3) is 10.2 Å². The second-order valence-corrected chi connectivity index (χ2v) is 10.3. The molecule has 0 radical (unpaired) electrons. The highest BCUT2D eigenvalue weighted by Crippen LogP contribution is 2.23. The average molecular weight is 497 g/mol. The summed E-state index contributed by atoms with van der Waals surface area (Å²) in [7, 11) is -3.53. The molecule has 3 aromatic rings. The molecule has 0 saturated carbocycles. The van der Waals surface area contributed by atoms with Crippen molar-refractivity contribution in [2.75, 3.05) is 19.0 Å². The van der Waals surface area contributed by atoms with Crippen molar-refractivity contribution in [2.45, 2.75) is 25.3 Å². The molecule has 1 amide bonds. The lowest BCUT2D eigenvalue weighted by atomic mass is 10.2. The molecule has 9 heteroatoms. The molecule has 0 atom stereocenters. The first-order valence-electron chi connectivity index (χ1n) is 9.15. The van der Waals surface area contributed by atoms with Gasteiger partial charge in [0.05, 0.1) is 33.0 Å². The molecular formula is C20H21BrN2O4S2. The Balaban J connectivity index is 2.13. The van der Waals surface area contributed by atoms with E-state index in [2.05, 4.69) is 20.9 Å². The van der Waals surface area contributed by atoms with E-state index in [9.17, 15) is 13.2 Å². The molecule has 154 valence electrons. The summed E-state index contributed by atoms with van der Waals surface area (Å²) in [6.07, 6.45) is 0. The first kappa shape index (κ1) is 21.9. The Kier molecular flexibility index (Phi) is 7.05. The zero-order chi connectivity index (χ0) is 21.0. The highest BCUT2D eigenvalue weighted by Gasteiger charge is 2.20. The van der Waals surface area contributed by atoms with Crippen LogP contribution in [-0.4, -0.2) is 37.9 Å². The Labute approximate surface area is 181 Å². The third-order valence-corrected chi connectivity index (χ3v) is 7.66. The van der Waals surface area contributed by atoms with Crippen LogP contribution in [0.1, 0.15) is 24.2 Å². The molecule has 0 aliphatic rings. The van der Waals surface area contributed by atoms with E-state index in [-0.39, 0.29) is 16.2 Å².